The van der Waals surface area contributed by atoms with Gasteiger partial charge in [0.15, 0.2) is 12.4 Å². The summed E-state index contributed by atoms with van der Waals surface area (Å²) in [5.74, 6) is -0.245. The molecule has 0 aromatic carbocycles. The zero-order valence-corrected chi connectivity index (χ0v) is 15.8. The molecule has 9 heteroatoms. The molecule has 0 bridgehead atoms. The van der Waals surface area contributed by atoms with Gasteiger partial charge in [0.1, 0.15) is 5.00 Å². The lowest BCUT2D eigenvalue weighted by molar-refractivity contribution is 0.0462. The number of hydrogen-bond acceptors (Lipinski definition) is 8. The van der Waals surface area contributed by atoms with Crippen LogP contribution in [0.5, 0.6) is 0 Å². The van der Waals surface area contributed by atoms with Crippen LogP contribution in [0.2, 0.25) is 0 Å². The van der Waals surface area contributed by atoms with E-state index in [1.54, 1.807) is 11.3 Å². The van der Waals surface area contributed by atoms with Crippen molar-refractivity contribution in [2.75, 3.05) is 11.5 Å². The molecule has 0 radical (unpaired) electrons. The highest BCUT2D eigenvalue weighted by Gasteiger charge is 2.24. The fourth-order valence-electron chi connectivity index (χ4n) is 2.72. The number of aromatic nitrogens is 4. The molecule has 0 atom stereocenters. The van der Waals surface area contributed by atoms with Crippen molar-refractivity contribution in [2.45, 2.75) is 34.3 Å². The van der Waals surface area contributed by atoms with Gasteiger partial charge in [0, 0.05) is 16.3 Å². The zero-order valence-electron chi connectivity index (χ0n) is 15.0. The number of anilines is 2. The summed E-state index contributed by atoms with van der Waals surface area (Å²) in [6.07, 6.45) is 0. The predicted octanol–water partition coefficient (Wildman–Crippen LogP) is 2.48. The number of esters is 1. The fourth-order valence-corrected chi connectivity index (χ4v) is 3.98. The minimum atomic E-state index is -0.438. The number of carbonyl (C=O) groups excluding carboxylic acids is 1. The molecule has 0 aliphatic rings. The Morgan fingerprint density at radius 1 is 1.08 bits per heavy atom. The van der Waals surface area contributed by atoms with Gasteiger partial charge in [0.25, 0.3) is 0 Å². The molecular weight excluding hydrogens is 352 g/mol. The van der Waals surface area contributed by atoms with Crippen LogP contribution in [0.1, 0.15) is 38.0 Å². The van der Waals surface area contributed by atoms with Gasteiger partial charge in [-0.3, -0.25) is 0 Å². The van der Waals surface area contributed by atoms with Gasteiger partial charge in [-0.25, -0.2) is 4.79 Å². The predicted molar refractivity (Wildman–Crippen MR) is 100 cm³/mol. The number of nitrogen functional groups attached to an aromatic ring is 2. The molecule has 4 N–H and O–H groups in total. The third kappa shape index (κ3) is 3.25. The number of hydrogen-bond donors (Lipinski definition) is 2. The maximum Gasteiger partial charge on any atom is 0.341 e. The third-order valence-corrected chi connectivity index (χ3v) is 5.29. The lowest BCUT2D eigenvalue weighted by Gasteiger charge is -2.11. The smallest absolute Gasteiger partial charge is 0.341 e. The van der Waals surface area contributed by atoms with Crippen molar-refractivity contribution < 1.29 is 9.53 Å². The Kier molecular flexibility index (Phi) is 4.64. The Morgan fingerprint density at radius 3 is 2.23 bits per heavy atom. The van der Waals surface area contributed by atoms with Crippen LogP contribution in [0.25, 0.3) is 5.00 Å². The molecule has 0 aliphatic carbocycles. The SMILES string of the molecule is Cc1sc(-n2c(C)ccc2C)c(C(=O)OCc2nc(N)nc(N)n2)c1C. The maximum absolute atomic E-state index is 12.8. The highest BCUT2D eigenvalue weighted by Crippen LogP contribution is 2.33. The Balaban J connectivity index is 1.92. The molecule has 3 heterocycles. The quantitative estimate of drug-likeness (QED) is 0.675. The van der Waals surface area contributed by atoms with Gasteiger partial charge in [0.2, 0.25) is 11.9 Å². The van der Waals surface area contributed by atoms with Gasteiger partial charge in [-0.05, 0) is 45.4 Å². The minimum Gasteiger partial charge on any atom is -0.454 e. The second-order valence-electron chi connectivity index (χ2n) is 5.96. The highest BCUT2D eigenvalue weighted by atomic mass is 32.1. The molecular formula is C17H20N6O2S. The summed E-state index contributed by atoms with van der Waals surface area (Å²) in [6, 6.07) is 4.04. The average Bonchev–Trinajstić information content (AvgIpc) is 3.03. The van der Waals surface area contributed by atoms with E-state index in [-0.39, 0.29) is 24.3 Å². The fraction of sp³-hybridized carbons (Fsp3) is 0.294. The van der Waals surface area contributed by atoms with Crippen LogP contribution in [-0.2, 0) is 11.3 Å². The van der Waals surface area contributed by atoms with E-state index in [2.05, 4.69) is 19.5 Å². The van der Waals surface area contributed by atoms with Crippen molar-refractivity contribution in [1.82, 2.24) is 19.5 Å². The van der Waals surface area contributed by atoms with Crippen LogP contribution in [-0.4, -0.2) is 25.5 Å². The van der Waals surface area contributed by atoms with E-state index < -0.39 is 5.97 Å². The van der Waals surface area contributed by atoms with Gasteiger partial charge < -0.3 is 20.8 Å². The molecule has 0 unspecified atom stereocenters. The molecule has 0 fully saturated rings. The third-order valence-electron chi connectivity index (χ3n) is 4.09. The molecule has 3 rings (SSSR count). The van der Waals surface area contributed by atoms with Crippen LogP contribution in [0.15, 0.2) is 12.1 Å². The zero-order chi connectivity index (χ0) is 19.0. The Morgan fingerprint density at radius 2 is 1.65 bits per heavy atom. The molecule has 26 heavy (non-hydrogen) atoms. The van der Waals surface area contributed by atoms with Gasteiger partial charge in [-0.2, -0.15) is 15.0 Å². The first-order valence-electron chi connectivity index (χ1n) is 7.96. The molecule has 0 saturated carbocycles. The summed E-state index contributed by atoms with van der Waals surface area (Å²) >= 11 is 1.56. The topological polar surface area (TPSA) is 122 Å². The summed E-state index contributed by atoms with van der Waals surface area (Å²) in [6.45, 7) is 7.78. The van der Waals surface area contributed by atoms with Crippen molar-refractivity contribution in [1.29, 1.82) is 0 Å². The van der Waals surface area contributed by atoms with Crippen molar-refractivity contribution in [2.24, 2.45) is 0 Å². The number of rotatable bonds is 4. The Labute approximate surface area is 154 Å². The van der Waals surface area contributed by atoms with E-state index in [1.807, 2.05) is 39.8 Å². The van der Waals surface area contributed by atoms with E-state index in [1.165, 1.54) is 0 Å². The van der Waals surface area contributed by atoms with Crippen molar-refractivity contribution in [3.8, 4) is 5.00 Å². The minimum absolute atomic E-state index is 0.00890. The van der Waals surface area contributed by atoms with Crippen molar-refractivity contribution in [3.63, 3.8) is 0 Å². The normalized spacial score (nSPS) is 10.9. The van der Waals surface area contributed by atoms with Gasteiger partial charge in [-0.15, -0.1) is 11.3 Å². The second-order valence-corrected chi connectivity index (χ2v) is 7.16. The number of ether oxygens (including phenoxy) is 1. The molecule has 0 spiro atoms. The Bertz CT molecular complexity index is 952. The van der Waals surface area contributed by atoms with Gasteiger partial charge in [0.05, 0.1) is 5.56 Å². The standard InChI is InChI=1S/C17H20N6O2S/c1-8-5-6-9(2)23(8)14-13(10(3)11(4)26-14)15(24)25-7-12-20-16(18)22-17(19)21-12/h5-6H,7H2,1-4H3,(H4,18,19,20,21,22). The van der Waals surface area contributed by atoms with E-state index in [4.69, 9.17) is 16.2 Å². The largest absolute Gasteiger partial charge is 0.454 e. The van der Waals surface area contributed by atoms with E-state index in [0.29, 0.717) is 5.56 Å². The first-order chi connectivity index (χ1) is 12.3. The van der Waals surface area contributed by atoms with Gasteiger partial charge in [-0.1, -0.05) is 0 Å². The molecule has 3 aromatic rings. The molecule has 136 valence electrons. The van der Waals surface area contributed by atoms with Crippen LogP contribution in [0.3, 0.4) is 0 Å². The average molecular weight is 372 g/mol. The second kappa shape index (κ2) is 6.75. The number of aryl methyl sites for hydroxylation is 3. The highest BCUT2D eigenvalue weighted by molar-refractivity contribution is 7.15. The summed E-state index contributed by atoms with van der Waals surface area (Å²) in [5.41, 5.74) is 14.6. The van der Waals surface area contributed by atoms with E-state index >= 15 is 0 Å². The monoisotopic (exact) mass is 372 g/mol. The summed E-state index contributed by atoms with van der Waals surface area (Å²) < 4.78 is 7.48. The van der Waals surface area contributed by atoms with E-state index in [0.717, 1.165) is 26.8 Å². The van der Waals surface area contributed by atoms with Gasteiger partial charge >= 0.3 is 5.97 Å². The van der Waals surface area contributed by atoms with E-state index in [9.17, 15) is 4.79 Å². The lowest BCUT2D eigenvalue weighted by Crippen LogP contribution is -2.13. The first-order valence-corrected chi connectivity index (χ1v) is 8.78. The Hall–Kier alpha value is -2.94. The van der Waals surface area contributed by atoms with Crippen LogP contribution >= 0.6 is 11.3 Å². The summed E-state index contributed by atoms with van der Waals surface area (Å²) in [7, 11) is 0. The molecule has 0 saturated heterocycles. The van der Waals surface area contributed by atoms with Crippen LogP contribution in [0, 0.1) is 27.7 Å². The van der Waals surface area contributed by atoms with Crippen LogP contribution < -0.4 is 11.5 Å². The number of nitrogens with zero attached hydrogens (tertiary/aromatic N) is 4. The number of nitrogens with two attached hydrogens (primary N) is 2. The number of carbonyl (C=O) groups is 1. The lowest BCUT2D eigenvalue weighted by atomic mass is 10.1. The maximum atomic E-state index is 12.8. The van der Waals surface area contributed by atoms with Crippen molar-refractivity contribution in [3.05, 3.63) is 45.3 Å². The van der Waals surface area contributed by atoms with Crippen molar-refractivity contribution >= 4 is 29.2 Å². The molecule has 0 amide bonds. The molecule has 8 nitrogen and oxygen atoms in total. The first kappa shape index (κ1) is 17.9. The molecule has 0 aliphatic heterocycles. The summed E-state index contributed by atoms with van der Waals surface area (Å²) in [4.78, 5) is 25.4. The molecule has 3 aromatic heterocycles. The number of thiophene rings is 1. The van der Waals surface area contributed by atoms with Crippen LogP contribution in [0.4, 0.5) is 11.9 Å². The summed E-state index contributed by atoms with van der Waals surface area (Å²) in [5, 5.41) is 0.847.